The Morgan fingerprint density at radius 2 is 1.00 bits per heavy atom. The molecule has 0 atom stereocenters. The summed E-state index contributed by atoms with van der Waals surface area (Å²) in [4.78, 5) is 4.65. The van der Waals surface area contributed by atoms with Crippen LogP contribution in [0.4, 0.5) is 0 Å². The molecule has 0 N–H and O–H groups in total. The second kappa shape index (κ2) is 5.66. The third kappa shape index (κ3) is 2.55. The molecule has 0 amide bonds. The van der Waals surface area contributed by atoms with E-state index < -0.39 is 0 Å². The fourth-order valence-electron chi connectivity index (χ4n) is 2.06. The van der Waals surface area contributed by atoms with Crippen LogP contribution >= 0.6 is 23.2 Å². The van der Waals surface area contributed by atoms with E-state index in [4.69, 9.17) is 23.2 Å². The largest absolute Gasteiger partial charge is 0.245 e. The van der Waals surface area contributed by atoms with Gasteiger partial charge in [0.15, 0.2) is 0 Å². The van der Waals surface area contributed by atoms with Gasteiger partial charge in [0.25, 0.3) is 0 Å². The molecule has 0 aliphatic rings. The highest BCUT2D eigenvalue weighted by Crippen LogP contribution is 2.34. The molecule has 3 heteroatoms. The molecule has 20 heavy (non-hydrogen) atoms. The van der Waals surface area contributed by atoms with E-state index in [1.165, 1.54) is 0 Å². The lowest BCUT2D eigenvalue weighted by atomic mass is 10.1. The molecule has 0 radical (unpaired) electrons. The standard InChI is InChI=1S/C17H11Cl2N/c18-14-11-15(19)17(13-9-5-2-6-10-13)20-16(14)12-7-3-1-4-8-12/h1-11H. The Hall–Kier alpha value is -1.83. The first-order valence-corrected chi connectivity index (χ1v) is 6.98. The smallest absolute Gasteiger partial charge is 0.0896 e. The average Bonchev–Trinajstić information content (AvgIpc) is 2.49. The normalized spacial score (nSPS) is 10.5. The van der Waals surface area contributed by atoms with Gasteiger partial charge in [-0.15, -0.1) is 0 Å². The predicted octanol–water partition coefficient (Wildman–Crippen LogP) is 5.72. The third-order valence-electron chi connectivity index (χ3n) is 3.02. The number of benzene rings is 2. The number of hydrogen-bond acceptors (Lipinski definition) is 1. The lowest BCUT2D eigenvalue weighted by molar-refractivity contribution is 1.32. The van der Waals surface area contributed by atoms with E-state index in [1.54, 1.807) is 6.07 Å². The van der Waals surface area contributed by atoms with Gasteiger partial charge in [0.2, 0.25) is 0 Å². The molecule has 98 valence electrons. The molecule has 1 nitrogen and oxygen atoms in total. The topological polar surface area (TPSA) is 12.9 Å². The lowest BCUT2D eigenvalue weighted by Crippen LogP contribution is -1.91. The van der Waals surface area contributed by atoms with Crippen molar-refractivity contribution in [1.29, 1.82) is 0 Å². The van der Waals surface area contributed by atoms with Gasteiger partial charge in [-0.3, -0.25) is 0 Å². The van der Waals surface area contributed by atoms with Crippen LogP contribution in [0, 0.1) is 0 Å². The number of hydrogen-bond donors (Lipinski definition) is 0. The minimum atomic E-state index is 0.556. The summed E-state index contributed by atoms with van der Waals surface area (Å²) in [5, 5.41) is 1.11. The summed E-state index contributed by atoms with van der Waals surface area (Å²) in [7, 11) is 0. The van der Waals surface area contributed by atoms with Crippen molar-refractivity contribution in [2.24, 2.45) is 0 Å². The number of halogens is 2. The maximum Gasteiger partial charge on any atom is 0.0896 e. The van der Waals surface area contributed by atoms with Crippen molar-refractivity contribution in [3.8, 4) is 22.5 Å². The van der Waals surface area contributed by atoms with Crippen LogP contribution in [0.1, 0.15) is 0 Å². The molecule has 0 spiro atoms. The van der Waals surface area contributed by atoms with Crippen LogP contribution in [-0.2, 0) is 0 Å². The second-order valence-electron chi connectivity index (χ2n) is 4.38. The Morgan fingerprint density at radius 1 is 0.600 bits per heavy atom. The zero-order valence-corrected chi connectivity index (χ0v) is 12.1. The second-order valence-corrected chi connectivity index (χ2v) is 5.20. The summed E-state index contributed by atoms with van der Waals surface area (Å²) in [6.07, 6.45) is 0. The van der Waals surface area contributed by atoms with E-state index in [0.29, 0.717) is 10.0 Å². The third-order valence-corrected chi connectivity index (χ3v) is 3.60. The van der Waals surface area contributed by atoms with Crippen LogP contribution < -0.4 is 0 Å². The van der Waals surface area contributed by atoms with Crippen molar-refractivity contribution in [3.05, 3.63) is 76.8 Å². The van der Waals surface area contributed by atoms with Gasteiger partial charge in [0, 0.05) is 11.1 Å². The molecule has 0 aliphatic heterocycles. The minimum Gasteiger partial charge on any atom is -0.245 e. The van der Waals surface area contributed by atoms with E-state index in [2.05, 4.69) is 4.98 Å². The SMILES string of the molecule is Clc1cc(Cl)c(-c2ccccc2)nc1-c1ccccc1. The summed E-state index contributed by atoms with van der Waals surface area (Å²) in [6, 6.07) is 21.5. The van der Waals surface area contributed by atoms with E-state index in [1.807, 2.05) is 60.7 Å². The first-order chi connectivity index (χ1) is 9.75. The van der Waals surface area contributed by atoms with E-state index in [0.717, 1.165) is 22.5 Å². The molecule has 2 aromatic carbocycles. The van der Waals surface area contributed by atoms with Gasteiger partial charge in [0.1, 0.15) is 0 Å². The average molecular weight is 300 g/mol. The Morgan fingerprint density at radius 3 is 1.40 bits per heavy atom. The maximum atomic E-state index is 6.28. The highest BCUT2D eigenvalue weighted by molar-refractivity contribution is 6.37. The fourth-order valence-corrected chi connectivity index (χ4v) is 2.64. The predicted molar refractivity (Wildman–Crippen MR) is 85.1 cm³/mol. The number of rotatable bonds is 2. The van der Waals surface area contributed by atoms with Crippen LogP contribution in [0.25, 0.3) is 22.5 Å². The Kier molecular flexibility index (Phi) is 3.72. The van der Waals surface area contributed by atoms with Gasteiger partial charge in [-0.05, 0) is 6.07 Å². The minimum absolute atomic E-state index is 0.556. The van der Waals surface area contributed by atoms with Crippen molar-refractivity contribution in [2.75, 3.05) is 0 Å². The zero-order valence-electron chi connectivity index (χ0n) is 10.6. The summed E-state index contributed by atoms with van der Waals surface area (Å²) >= 11 is 12.6. The first kappa shape index (κ1) is 13.2. The molecule has 3 rings (SSSR count). The molecule has 0 saturated heterocycles. The van der Waals surface area contributed by atoms with Crippen molar-refractivity contribution in [2.45, 2.75) is 0 Å². The number of pyridine rings is 1. The Bertz CT molecular complexity index is 664. The number of nitrogens with zero attached hydrogens (tertiary/aromatic N) is 1. The van der Waals surface area contributed by atoms with Crippen molar-refractivity contribution in [3.63, 3.8) is 0 Å². The molecular formula is C17H11Cl2N. The molecule has 0 unspecified atom stereocenters. The van der Waals surface area contributed by atoms with Crippen molar-refractivity contribution >= 4 is 23.2 Å². The molecule has 3 aromatic rings. The van der Waals surface area contributed by atoms with Crippen LogP contribution in [0.15, 0.2) is 66.7 Å². The van der Waals surface area contributed by atoms with Gasteiger partial charge in [-0.1, -0.05) is 83.9 Å². The fraction of sp³-hybridized carbons (Fsp3) is 0. The molecular weight excluding hydrogens is 289 g/mol. The Labute approximate surface area is 127 Å². The van der Waals surface area contributed by atoms with Crippen molar-refractivity contribution < 1.29 is 0 Å². The lowest BCUT2D eigenvalue weighted by Gasteiger charge is -2.09. The van der Waals surface area contributed by atoms with Crippen LogP contribution in [0.2, 0.25) is 10.0 Å². The quantitative estimate of drug-likeness (QED) is 0.589. The van der Waals surface area contributed by atoms with Crippen LogP contribution in [0.3, 0.4) is 0 Å². The number of aromatic nitrogens is 1. The highest BCUT2D eigenvalue weighted by Gasteiger charge is 2.12. The van der Waals surface area contributed by atoms with Gasteiger partial charge in [-0.25, -0.2) is 4.98 Å². The van der Waals surface area contributed by atoms with E-state index in [-0.39, 0.29) is 0 Å². The van der Waals surface area contributed by atoms with E-state index >= 15 is 0 Å². The van der Waals surface area contributed by atoms with Crippen LogP contribution in [-0.4, -0.2) is 4.98 Å². The molecule has 0 bridgehead atoms. The van der Waals surface area contributed by atoms with Crippen LogP contribution in [0.5, 0.6) is 0 Å². The van der Waals surface area contributed by atoms with E-state index in [9.17, 15) is 0 Å². The summed E-state index contributed by atoms with van der Waals surface area (Å²) in [6.45, 7) is 0. The summed E-state index contributed by atoms with van der Waals surface area (Å²) < 4.78 is 0. The molecule has 0 aliphatic carbocycles. The molecule has 0 saturated carbocycles. The van der Waals surface area contributed by atoms with Gasteiger partial charge in [0.05, 0.1) is 21.4 Å². The molecule has 0 fully saturated rings. The van der Waals surface area contributed by atoms with Gasteiger partial charge < -0.3 is 0 Å². The summed E-state index contributed by atoms with van der Waals surface area (Å²) in [5.41, 5.74) is 3.45. The maximum absolute atomic E-state index is 6.28. The molecule has 1 heterocycles. The highest BCUT2D eigenvalue weighted by atomic mass is 35.5. The Balaban J connectivity index is 2.19. The van der Waals surface area contributed by atoms with Crippen molar-refractivity contribution in [1.82, 2.24) is 4.98 Å². The monoisotopic (exact) mass is 299 g/mol. The first-order valence-electron chi connectivity index (χ1n) is 6.22. The van der Waals surface area contributed by atoms with Gasteiger partial charge >= 0.3 is 0 Å². The zero-order chi connectivity index (χ0) is 13.9. The van der Waals surface area contributed by atoms with Gasteiger partial charge in [-0.2, -0.15) is 0 Å². The molecule has 1 aromatic heterocycles. The summed E-state index contributed by atoms with van der Waals surface area (Å²) in [5.74, 6) is 0.